The zero-order valence-corrected chi connectivity index (χ0v) is 42.3. The van der Waals surface area contributed by atoms with E-state index in [0.29, 0.717) is 19.3 Å². The van der Waals surface area contributed by atoms with E-state index in [-0.39, 0.29) is 31.1 Å². The first kappa shape index (κ1) is 60.4. The molecule has 0 aliphatic carbocycles. The Bertz CT molecular complexity index is 933. The molecule has 6 heteroatoms. The molecule has 0 aromatic heterocycles. The standard InChI is InChI=1S/C56H108O6/c1-5-7-9-11-13-15-17-19-21-23-24-25-27-29-31-33-35-41-45-49-56(59)62-53(51-61-55(58)48-44-40-37-36-38-42-46-52(3)4)50-60-54(57)47-43-39-34-32-30-28-26-22-20-18-16-14-12-10-8-6-2/h52-53H,5-51H2,1-4H3/t53-/m1/s1. The van der Waals surface area contributed by atoms with E-state index in [1.54, 1.807) is 0 Å². The minimum absolute atomic E-state index is 0.0632. The smallest absolute Gasteiger partial charge is 0.306 e. The fraction of sp³-hybridized carbons (Fsp3) is 0.946. The number of unbranched alkanes of at least 4 members (excludes halogenated alkanes) is 38. The van der Waals surface area contributed by atoms with E-state index in [4.69, 9.17) is 14.2 Å². The van der Waals surface area contributed by atoms with Crippen LogP contribution in [0.15, 0.2) is 0 Å². The molecule has 0 aliphatic rings. The normalized spacial score (nSPS) is 12.0. The molecule has 0 amide bonds. The summed E-state index contributed by atoms with van der Waals surface area (Å²) in [4.78, 5) is 38.0. The van der Waals surface area contributed by atoms with Gasteiger partial charge in [-0.1, -0.05) is 278 Å². The van der Waals surface area contributed by atoms with Crippen molar-refractivity contribution in [3.63, 3.8) is 0 Å². The molecular formula is C56H108O6. The van der Waals surface area contributed by atoms with E-state index < -0.39 is 6.10 Å². The zero-order valence-electron chi connectivity index (χ0n) is 42.3. The number of carbonyl (C=O) groups excluding carboxylic acids is 3. The summed E-state index contributed by atoms with van der Waals surface area (Å²) in [5, 5.41) is 0. The van der Waals surface area contributed by atoms with Crippen LogP contribution in [0, 0.1) is 5.92 Å². The first-order valence-electron chi connectivity index (χ1n) is 27.9. The van der Waals surface area contributed by atoms with Gasteiger partial charge in [-0.25, -0.2) is 0 Å². The maximum atomic E-state index is 12.8. The molecule has 0 heterocycles. The number of hydrogen-bond donors (Lipinski definition) is 0. The topological polar surface area (TPSA) is 78.9 Å². The SMILES string of the molecule is CCCCCCCCCCCCCCCCCCCCCC(=O)O[C@H](COC(=O)CCCCCCCCCCCCCCCCCC)COC(=O)CCCCCCCCC(C)C. The first-order chi connectivity index (χ1) is 30.4. The summed E-state index contributed by atoms with van der Waals surface area (Å²) in [7, 11) is 0. The maximum absolute atomic E-state index is 12.8. The van der Waals surface area contributed by atoms with Crippen molar-refractivity contribution in [2.45, 2.75) is 323 Å². The quantitative estimate of drug-likeness (QED) is 0.0344. The molecule has 6 nitrogen and oxygen atoms in total. The highest BCUT2D eigenvalue weighted by atomic mass is 16.6. The molecule has 0 aliphatic heterocycles. The number of esters is 3. The summed E-state index contributed by atoms with van der Waals surface area (Å²) in [6.45, 7) is 8.98. The highest BCUT2D eigenvalue weighted by Gasteiger charge is 2.19. The highest BCUT2D eigenvalue weighted by Crippen LogP contribution is 2.18. The second-order valence-electron chi connectivity index (χ2n) is 19.7. The van der Waals surface area contributed by atoms with Crippen LogP contribution in [0.25, 0.3) is 0 Å². The number of hydrogen-bond acceptors (Lipinski definition) is 6. The minimum Gasteiger partial charge on any atom is -0.462 e. The van der Waals surface area contributed by atoms with Gasteiger partial charge in [0.15, 0.2) is 6.10 Å². The van der Waals surface area contributed by atoms with Gasteiger partial charge in [0, 0.05) is 19.3 Å². The monoisotopic (exact) mass is 877 g/mol. The average molecular weight is 877 g/mol. The third-order valence-corrected chi connectivity index (χ3v) is 12.8. The van der Waals surface area contributed by atoms with Crippen molar-refractivity contribution in [1.82, 2.24) is 0 Å². The maximum Gasteiger partial charge on any atom is 0.306 e. The van der Waals surface area contributed by atoms with Crippen LogP contribution in [0.1, 0.15) is 317 Å². The fourth-order valence-electron chi connectivity index (χ4n) is 8.57. The molecule has 0 rings (SSSR count). The Balaban J connectivity index is 4.22. The molecule has 368 valence electrons. The predicted octanol–water partition coefficient (Wildman–Crippen LogP) is 18.2. The largest absolute Gasteiger partial charge is 0.462 e. The van der Waals surface area contributed by atoms with Gasteiger partial charge in [0.1, 0.15) is 13.2 Å². The van der Waals surface area contributed by atoms with E-state index >= 15 is 0 Å². The molecule has 0 saturated heterocycles. The minimum atomic E-state index is -0.762. The van der Waals surface area contributed by atoms with E-state index in [2.05, 4.69) is 27.7 Å². The molecule has 0 fully saturated rings. The van der Waals surface area contributed by atoms with Crippen molar-refractivity contribution >= 4 is 17.9 Å². The Morgan fingerprint density at radius 3 is 0.790 bits per heavy atom. The molecule has 62 heavy (non-hydrogen) atoms. The van der Waals surface area contributed by atoms with Gasteiger partial charge in [-0.3, -0.25) is 14.4 Å². The summed E-state index contributed by atoms with van der Waals surface area (Å²) in [6, 6.07) is 0. The molecule has 0 saturated carbocycles. The van der Waals surface area contributed by atoms with Crippen LogP contribution in [0.2, 0.25) is 0 Å². The van der Waals surface area contributed by atoms with Crippen LogP contribution in [0.5, 0.6) is 0 Å². The van der Waals surface area contributed by atoms with Crippen molar-refractivity contribution < 1.29 is 28.6 Å². The van der Waals surface area contributed by atoms with E-state index in [9.17, 15) is 14.4 Å². The van der Waals surface area contributed by atoms with Crippen LogP contribution in [0.3, 0.4) is 0 Å². The molecule has 0 bridgehead atoms. The van der Waals surface area contributed by atoms with Crippen molar-refractivity contribution in [1.29, 1.82) is 0 Å². The molecular weight excluding hydrogens is 769 g/mol. The number of rotatable bonds is 51. The van der Waals surface area contributed by atoms with Gasteiger partial charge in [0.2, 0.25) is 0 Å². The Labute approximate surface area is 387 Å². The van der Waals surface area contributed by atoms with Crippen LogP contribution in [-0.4, -0.2) is 37.2 Å². The Morgan fingerprint density at radius 1 is 0.306 bits per heavy atom. The van der Waals surface area contributed by atoms with Crippen LogP contribution in [-0.2, 0) is 28.6 Å². The summed E-state index contributed by atoms with van der Waals surface area (Å²) < 4.78 is 16.8. The van der Waals surface area contributed by atoms with Crippen LogP contribution >= 0.6 is 0 Å². The van der Waals surface area contributed by atoms with Gasteiger partial charge >= 0.3 is 17.9 Å². The molecule has 0 spiro atoms. The van der Waals surface area contributed by atoms with Crippen molar-refractivity contribution in [3.05, 3.63) is 0 Å². The zero-order chi connectivity index (χ0) is 45.2. The summed E-state index contributed by atoms with van der Waals surface area (Å²) in [6.07, 6.45) is 54.0. The third kappa shape index (κ3) is 49.4. The lowest BCUT2D eigenvalue weighted by atomic mass is 10.0. The number of carbonyl (C=O) groups is 3. The average Bonchev–Trinajstić information content (AvgIpc) is 3.26. The van der Waals surface area contributed by atoms with Gasteiger partial charge < -0.3 is 14.2 Å². The molecule has 0 unspecified atom stereocenters. The molecule has 0 aromatic rings. The molecule has 0 aromatic carbocycles. The van der Waals surface area contributed by atoms with Crippen molar-refractivity contribution in [2.75, 3.05) is 13.2 Å². The summed E-state index contributed by atoms with van der Waals surface area (Å²) in [5.41, 5.74) is 0. The van der Waals surface area contributed by atoms with Crippen LogP contribution in [0.4, 0.5) is 0 Å². The number of ether oxygens (including phenoxy) is 3. The lowest BCUT2D eigenvalue weighted by Gasteiger charge is -2.18. The van der Waals surface area contributed by atoms with E-state index in [0.717, 1.165) is 63.7 Å². The van der Waals surface area contributed by atoms with E-state index in [1.165, 1.54) is 212 Å². The van der Waals surface area contributed by atoms with Crippen LogP contribution < -0.4 is 0 Å². The van der Waals surface area contributed by atoms with Gasteiger partial charge in [0.25, 0.3) is 0 Å². The lowest BCUT2D eigenvalue weighted by Crippen LogP contribution is -2.30. The predicted molar refractivity (Wildman–Crippen MR) is 266 cm³/mol. The molecule has 0 N–H and O–H groups in total. The first-order valence-corrected chi connectivity index (χ1v) is 27.9. The van der Waals surface area contributed by atoms with Gasteiger partial charge in [-0.15, -0.1) is 0 Å². The Kier molecular flexibility index (Phi) is 49.1. The second-order valence-corrected chi connectivity index (χ2v) is 19.7. The summed E-state index contributed by atoms with van der Waals surface area (Å²) in [5.74, 6) is -0.0816. The fourth-order valence-corrected chi connectivity index (χ4v) is 8.57. The summed E-state index contributed by atoms with van der Waals surface area (Å²) >= 11 is 0. The van der Waals surface area contributed by atoms with E-state index in [1.807, 2.05) is 0 Å². The van der Waals surface area contributed by atoms with Gasteiger partial charge in [-0.05, 0) is 25.2 Å². The van der Waals surface area contributed by atoms with Crippen molar-refractivity contribution in [2.24, 2.45) is 5.92 Å². The van der Waals surface area contributed by atoms with Gasteiger partial charge in [0.05, 0.1) is 0 Å². The molecule has 0 radical (unpaired) electrons. The molecule has 1 atom stereocenters. The third-order valence-electron chi connectivity index (χ3n) is 12.8. The lowest BCUT2D eigenvalue weighted by molar-refractivity contribution is -0.167. The Morgan fingerprint density at radius 2 is 0.532 bits per heavy atom. The highest BCUT2D eigenvalue weighted by molar-refractivity contribution is 5.71. The Hall–Kier alpha value is -1.59. The van der Waals surface area contributed by atoms with Gasteiger partial charge in [-0.2, -0.15) is 0 Å². The second kappa shape index (κ2) is 50.4. The van der Waals surface area contributed by atoms with Crippen molar-refractivity contribution in [3.8, 4) is 0 Å².